The van der Waals surface area contributed by atoms with Gasteiger partial charge in [0.25, 0.3) is 0 Å². The van der Waals surface area contributed by atoms with Crippen molar-refractivity contribution >= 4 is 12.4 Å². The van der Waals surface area contributed by atoms with Crippen LogP contribution in [0.1, 0.15) is 47.9 Å². The van der Waals surface area contributed by atoms with Crippen molar-refractivity contribution in [1.82, 2.24) is 0 Å². The molecule has 5 rings (SSSR count). The van der Waals surface area contributed by atoms with Crippen LogP contribution in [0.2, 0.25) is 0 Å². The molecule has 0 aromatic heterocycles. The highest BCUT2D eigenvalue weighted by Crippen LogP contribution is 2.31. The molecule has 2 unspecified atom stereocenters. The van der Waals surface area contributed by atoms with Gasteiger partial charge in [-0.2, -0.15) is 0 Å². The van der Waals surface area contributed by atoms with Crippen LogP contribution in [0.15, 0.2) is 94.9 Å². The first kappa shape index (κ1) is 25.5. The lowest BCUT2D eigenvalue weighted by molar-refractivity contribution is 0.397. The van der Waals surface area contributed by atoms with Gasteiger partial charge in [-0.3, -0.25) is 9.98 Å². The molecule has 4 heteroatoms. The van der Waals surface area contributed by atoms with Crippen LogP contribution in [0, 0.1) is 13.8 Å². The van der Waals surface area contributed by atoms with Crippen molar-refractivity contribution in [3.05, 3.63) is 107 Å². The zero-order valence-electron chi connectivity index (χ0n) is 22.0. The summed E-state index contributed by atoms with van der Waals surface area (Å²) in [6.45, 7) is 3.85. The highest BCUT2D eigenvalue weighted by atomic mass is 16.3. The van der Waals surface area contributed by atoms with Gasteiger partial charge in [-0.15, -0.1) is 0 Å². The lowest BCUT2D eigenvalue weighted by atomic mass is 9.91. The molecule has 0 radical (unpaired) electrons. The van der Waals surface area contributed by atoms with Crippen molar-refractivity contribution in [3.8, 4) is 33.8 Å². The molecule has 4 nitrogen and oxygen atoms in total. The fourth-order valence-electron chi connectivity index (χ4n) is 5.19. The molecule has 0 amide bonds. The molecule has 0 saturated heterocycles. The maximum absolute atomic E-state index is 10.7. The lowest BCUT2D eigenvalue weighted by Crippen LogP contribution is -2.21. The summed E-state index contributed by atoms with van der Waals surface area (Å²) in [5.74, 6) is 0.561. The number of aliphatic imine (C=N–C) groups is 2. The predicted molar refractivity (Wildman–Crippen MR) is 158 cm³/mol. The Balaban J connectivity index is 1.31. The van der Waals surface area contributed by atoms with E-state index >= 15 is 0 Å². The highest BCUT2D eigenvalue weighted by Gasteiger charge is 2.21. The summed E-state index contributed by atoms with van der Waals surface area (Å²) in [6.07, 6.45) is 7.56. The van der Waals surface area contributed by atoms with E-state index in [9.17, 15) is 10.2 Å². The number of nitrogens with zero attached hydrogens (tertiary/aromatic N) is 2. The summed E-state index contributed by atoms with van der Waals surface area (Å²) in [5.41, 5.74) is 7.54. The van der Waals surface area contributed by atoms with Crippen molar-refractivity contribution in [3.63, 3.8) is 0 Å². The summed E-state index contributed by atoms with van der Waals surface area (Å²) >= 11 is 0. The zero-order valence-corrected chi connectivity index (χ0v) is 22.0. The molecular formula is C34H34N2O2. The van der Waals surface area contributed by atoms with Crippen molar-refractivity contribution in [1.29, 1.82) is 0 Å². The topological polar surface area (TPSA) is 65.2 Å². The number of hydrogen-bond acceptors (Lipinski definition) is 4. The highest BCUT2D eigenvalue weighted by molar-refractivity contribution is 5.88. The Morgan fingerprint density at radius 3 is 1.45 bits per heavy atom. The number of aromatic hydroxyl groups is 2. The van der Waals surface area contributed by atoms with Crippen LogP contribution >= 0.6 is 0 Å². The Morgan fingerprint density at radius 1 is 0.605 bits per heavy atom. The SMILES string of the molecule is Cc1cc(-c2ccccc2)cc(C=NC2CCCC(N=Cc3cc(-c4ccccc4)cc(C)c3O)C2)c1O. The summed E-state index contributed by atoms with van der Waals surface area (Å²) in [4.78, 5) is 9.75. The summed E-state index contributed by atoms with van der Waals surface area (Å²) in [5, 5.41) is 21.4. The second kappa shape index (κ2) is 11.5. The minimum Gasteiger partial charge on any atom is -0.507 e. The van der Waals surface area contributed by atoms with E-state index in [2.05, 4.69) is 24.3 Å². The smallest absolute Gasteiger partial charge is 0.127 e. The van der Waals surface area contributed by atoms with Gasteiger partial charge in [0.15, 0.2) is 0 Å². The summed E-state index contributed by atoms with van der Waals surface area (Å²) in [7, 11) is 0. The third-order valence-electron chi connectivity index (χ3n) is 7.34. The van der Waals surface area contributed by atoms with Crippen LogP contribution in [-0.2, 0) is 0 Å². The average Bonchev–Trinajstić information content (AvgIpc) is 2.95. The molecule has 0 heterocycles. The Hall–Kier alpha value is -4.18. The molecule has 1 aliphatic carbocycles. The van der Waals surface area contributed by atoms with Gasteiger partial charge in [0.2, 0.25) is 0 Å². The van der Waals surface area contributed by atoms with Gasteiger partial charge in [-0.1, -0.05) is 60.7 Å². The minimum atomic E-state index is 0.150. The van der Waals surface area contributed by atoms with E-state index in [1.54, 1.807) is 0 Å². The second-order valence-electron chi connectivity index (χ2n) is 10.2. The normalized spacial score (nSPS) is 17.8. The Kier molecular flexibility index (Phi) is 7.69. The first-order valence-corrected chi connectivity index (χ1v) is 13.3. The average molecular weight is 503 g/mol. The third-order valence-corrected chi connectivity index (χ3v) is 7.34. The number of aryl methyl sites for hydroxylation is 2. The van der Waals surface area contributed by atoms with E-state index < -0.39 is 0 Å². The van der Waals surface area contributed by atoms with Crippen LogP contribution in [0.3, 0.4) is 0 Å². The van der Waals surface area contributed by atoms with Crippen LogP contribution in [-0.4, -0.2) is 34.7 Å². The van der Waals surface area contributed by atoms with Gasteiger partial charge in [0.1, 0.15) is 11.5 Å². The summed E-state index contributed by atoms with van der Waals surface area (Å²) < 4.78 is 0. The molecular weight excluding hydrogens is 468 g/mol. The zero-order chi connectivity index (χ0) is 26.5. The van der Waals surface area contributed by atoms with Crippen LogP contribution in [0.5, 0.6) is 11.5 Å². The van der Waals surface area contributed by atoms with Crippen LogP contribution in [0.4, 0.5) is 0 Å². The van der Waals surface area contributed by atoms with Crippen molar-refractivity contribution in [2.75, 3.05) is 0 Å². The van der Waals surface area contributed by atoms with E-state index in [0.717, 1.165) is 70.2 Å². The molecule has 4 aromatic rings. The first-order valence-electron chi connectivity index (χ1n) is 13.3. The molecule has 1 saturated carbocycles. The molecule has 1 fully saturated rings. The standard InChI is InChI=1S/C34H34N2O2/c1-23-16-27(25-10-5-3-6-11-25)18-29(33(23)37)21-35-31-14-9-15-32(20-31)36-22-30-19-28(17-24(2)34(30)38)26-12-7-4-8-13-26/h3-8,10-13,16-19,21-22,31-32,37-38H,9,14-15,20H2,1-2H3. The predicted octanol–water partition coefficient (Wildman–Crippen LogP) is 7.90. The van der Waals surface area contributed by atoms with Gasteiger partial charge < -0.3 is 10.2 Å². The van der Waals surface area contributed by atoms with Crippen molar-refractivity contribution in [2.24, 2.45) is 9.98 Å². The quantitative estimate of drug-likeness (QED) is 0.263. The van der Waals surface area contributed by atoms with Gasteiger partial charge in [0.05, 0.1) is 12.1 Å². The summed E-state index contributed by atoms with van der Waals surface area (Å²) in [6, 6.07) is 28.7. The third kappa shape index (κ3) is 5.86. The Morgan fingerprint density at radius 2 is 1.03 bits per heavy atom. The van der Waals surface area contributed by atoms with E-state index in [-0.39, 0.29) is 23.6 Å². The van der Waals surface area contributed by atoms with Gasteiger partial charge in [-0.25, -0.2) is 0 Å². The molecule has 0 bridgehead atoms. The molecule has 2 atom stereocenters. The number of phenols is 2. The molecule has 1 aliphatic rings. The monoisotopic (exact) mass is 502 g/mol. The maximum Gasteiger partial charge on any atom is 0.127 e. The van der Waals surface area contributed by atoms with Crippen molar-refractivity contribution < 1.29 is 10.2 Å². The van der Waals surface area contributed by atoms with Crippen LogP contribution < -0.4 is 0 Å². The first-order chi connectivity index (χ1) is 18.5. The largest absolute Gasteiger partial charge is 0.507 e. The fraction of sp³-hybridized carbons (Fsp3) is 0.235. The molecule has 2 N–H and O–H groups in total. The maximum atomic E-state index is 10.7. The molecule has 38 heavy (non-hydrogen) atoms. The lowest BCUT2D eigenvalue weighted by Gasteiger charge is -2.24. The number of benzene rings is 4. The second-order valence-corrected chi connectivity index (χ2v) is 10.2. The van der Waals surface area contributed by atoms with E-state index in [0.29, 0.717) is 0 Å². The Labute approximate surface area is 225 Å². The minimum absolute atomic E-state index is 0.150. The molecule has 0 spiro atoms. The van der Waals surface area contributed by atoms with Gasteiger partial charge in [-0.05, 0) is 97.2 Å². The van der Waals surface area contributed by atoms with Gasteiger partial charge in [0, 0.05) is 23.6 Å². The van der Waals surface area contributed by atoms with Gasteiger partial charge >= 0.3 is 0 Å². The number of rotatable bonds is 6. The molecule has 0 aliphatic heterocycles. The van der Waals surface area contributed by atoms with Crippen molar-refractivity contribution in [2.45, 2.75) is 51.6 Å². The number of hydrogen-bond donors (Lipinski definition) is 2. The van der Waals surface area contributed by atoms with Crippen LogP contribution in [0.25, 0.3) is 22.3 Å². The fourth-order valence-corrected chi connectivity index (χ4v) is 5.19. The Bertz CT molecular complexity index is 1350. The van der Waals surface area contributed by atoms with E-state index in [4.69, 9.17) is 9.98 Å². The van der Waals surface area contributed by atoms with E-state index in [1.807, 2.05) is 86.9 Å². The van der Waals surface area contributed by atoms with E-state index in [1.165, 1.54) is 0 Å². The molecule has 192 valence electrons. The number of phenolic OH excluding ortho intramolecular Hbond substituents is 2. The molecule has 4 aromatic carbocycles.